The highest BCUT2D eigenvalue weighted by atomic mass is 16.5. The molecule has 0 unspecified atom stereocenters. The van der Waals surface area contributed by atoms with Gasteiger partial charge in [-0.05, 0) is 0 Å². The van der Waals surface area contributed by atoms with Crippen LogP contribution in [-0.4, -0.2) is 32.3 Å². The van der Waals surface area contributed by atoms with Crippen molar-refractivity contribution in [2.24, 2.45) is 5.73 Å². The molecule has 0 heterocycles. The van der Waals surface area contributed by atoms with Gasteiger partial charge in [-0.15, -0.1) is 0 Å². The minimum atomic E-state index is -0.642. The molecule has 2 amide bonds. The highest BCUT2D eigenvalue weighted by Gasteiger charge is 2.01. The lowest BCUT2D eigenvalue weighted by molar-refractivity contribution is -0.120. The quantitative estimate of drug-likeness (QED) is 0.433. The van der Waals surface area contributed by atoms with Gasteiger partial charge in [0.1, 0.15) is 6.54 Å². The van der Waals surface area contributed by atoms with Crippen LogP contribution in [0.25, 0.3) is 0 Å². The summed E-state index contributed by atoms with van der Waals surface area (Å²) in [6, 6.07) is 0. The number of amides is 2. The Morgan fingerprint density at radius 2 is 2.09 bits per heavy atom. The third-order valence-electron chi connectivity index (χ3n) is 0.878. The van der Waals surface area contributed by atoms with Gasteiger partial charge in [-0.1, -0.05) is 0 Å². The Hall–Kier alpha value is -1.30. The summed E-state index contributed by atoms with van der Waals surface area (Å²) >= 11 is 0. The highest BCUT2D eigenvalue weighted by molar-refractivity contribution is 5.81. The van der Waals surface area contributed by atoms with E-state index in [4.69, 9.17) is 5.73 Å². The summed E-state index contributed by atoms with van der Waals surface area (Å²) in [7, 11) is 1.22. The molecule has 0 aliphatic heterocycles. The van der Waals surface area contributed by atoms with Crippen LogP contribution in [0.15, 0.2) is 0 Å². The lowest BCUT2D eigenvalue weighted by atomic mass is 10.6. The average Bonchev–Trinajstić information content (AvgIpc) is 2.01. The van der Waals surface area contributed by atoms with E-state index in [9.17, 15) is 9.59 Å². The zero-order valence-corrected chi connectivity index (χ0v) is 6.22. The van der Waals surface area contributed by atoms with Crippen LogP contribution in [0.3, 0.4) is 0 Å². The molecule has 0 fully saturated rings. The number of rotatable bonds is 3. The Balaban J connectivity index is 3.38. The third kappa shape index (κ3) is 5.16. The van der Waals surface area contributed by atoms with Crippen LogP contribution in [-0.2, 0) is 9.53 Å². The molecule has 0 aromatic carbocycles. The first kappa shape index (κ1) is 9.70. The van der Waals surface area contributed by atoms with Crippen LogP contribution >= 0.6 is 0 Å². The number of ether oxygens (including phenoxy) is 1. The molecule has 6 heteroatoms. The van der Waals surface area contributed by atoms with Crippen molar-refractivity contribution in [3.63, 3.8) is 0 Å². The molecular formula is C5H11N3O3. The molecular weight excluding hydrogens is 150 g/mol. The molecule has 0 radical (unpaired) electrons. The Labute approximate surface area is 64.1 Å². The third-order valence-corrected chi connectivity index (χ3v) is 0.878. The number of nitrogens with one attached hydrogen (secondary N) is 2. The van der Waals surface area contributed by atoms with E-state index in [0.29, 0.717) is 0 Å². The minimum absolute atomic E-state index is 0.0572. The van der Waals surface area contributed by atoms with Crippen molar-refractivity contribution < 1.29 is 14.3 Å². The van der Waals surface area contributed by atoms with Gasteiger partial charge in [0.05, 0.1) is 13.8 Å². The zero-order chi connectivity index (χ0) is 8.69. The summed E-state index contributed by atoms with van der Waals surface area (Å²) in [6.07, 6.45) is -0.642. The summed E-state index contributed by atoms with van der Waals surface area (Å²) in [5.74, 6) is -0.349. The van der Waals surface area contributed by atoms with Gasteiger partial charge in [-0.2, -0.15) is 0 Å². The fraction of sp³-hybridized carbons (Fsp3) is 0.600. The summed E-state index contributed by atoms with van der Waals surface area (Å²) in [5, 5.41) is 4.48. The molecule has 6 nitrogen and oxygen atoms in total. The first-order valence-corrected chi connectivity index (χ1v) is 2.99. The lowest BCUT2D eigenvalue weighted by Gasteiger charge is -2.02. The molecule has 0 aliphatic carbocycles. The van der Waals surface area contributed by atoms with Gasteiger partial charge in [0.25, 0.3) is 0 Å². The van der Waals surface area contributed by atoms with Gasteiger partial charge >= 0.3 is 6.09 Å². The molecule has 64 valence electrons. The van der Waals surface area contributed by atoms with Gasteiger partial charge < -0.3 is 21.1 Å². The van der Waals surface area contributed by atoms with E-state index in [1.807, 2.05) is 0 Å². The van der Waals surface area contributed by atoms with E-state index in [1.165, 1.54) is 7.11 Å². The maximum absolute atomic E-state index is 10.6. The van der Waals surface area contributed by atoms with Crippen molar-refractivity contribution in [1.82, 2.24) is 10.6 Å². The fourth-order valence-electron chi connectivity index (χ4n) is 0.401. The molecule has 0 saturated heterocycles. The van der Waals surface area contributed by atoms with Crippen molar-refractivity contribution in [3.05, 3.63) is 0 Å². The second kappa shape index (κ2) is 5.48. The van der Waals surface area contributed by atoms with E-state index in [2.05, 4.69) is 15.4 Å². The summed E-state index contributed by atoms with van der Waals surface area (Å²) < 4.78 is 4.22. The van der Waals surface area contributed by atoms with Gasteiger partial charge in [0, 0.05) is 0 Å². The van der Waals surface area contributed by atoms with Gasteiger partial charge in [-0.3, -0.25) is 4.79 Å². The molecule has 0 aromatic rings. The molecule has 11 heavy (non-hydrogen) atoms. The number of alkyl carbamates (subject to hydrolysis) is 1. The van der Waals surface area contributed by atoms with Crippen molar-refractivity contribution in [1.29, 1.82) is 0 Å². The molecule has 0 atom stereocenters. The van der Waals surface area contributed by atoms with Gasteiger partial charge in [0.15, 0.2) is 0 Å². The summed E-state index contributed by atoms with van der Waals surface area (Å²) in [4.78, 5) is 21.0. The van der Waals surface area contributed by atoms with E-state index < -0.39 is 6.09 Å². The molecule has 0 rings (SSSR count). The highest BCUT2D eigenvalue weighted by Crippen LogP contribution is 1.69. The van der Waals surface area contributed by atoms with E-state index in [0.717, 1.165) is 0 Å². The predicted octanol–water partition coefficient (Wildman–Crippen LogP) is -1.63. The Kier molecular flexibility index (Phi) is 4.83. The smallest absolute Gasteiger partial charge is 0.407 e. The van der Waals surface area contributed by atoms with E-state index in [-0.39, 0.29) is 19.1 Å². The van der Waals surface area contributed by atoms with Crippen molar-refractivity contribution in [2.45, 2.75) is 0 Å². The number of carbonyl (C=O) groups is 2. The van der Waals surface area contributed by atoms with Gasteiger partial charge in [0.2, 0.25) is 5.91 Å². The summed E-state index contributed by atoms with van der Waals surface area (Å²) in [6.45, 7) is -0.0639. The van der Waals surface area contributed by atoms with Crippen LogP contribution in [0, 0.1) is 0 Å². The van der Waals surface area contributed by atoms with Crippen LogP contribution in [0.1, 0.15) is 0 Å². The second-order valence-electron chi connectivity index (χ2n) is 1.65. The van der Waals surface area contributed by atoms with Crippen molar-refractivity contribution in [2.75, 3.05) is 20.3 Å². The Bertz CT molecular complexity index is 148. The first-order chi connectivity index (χ1) is 5.20. The predicted molar refractivity (Wildman–Crippen MR) is 37.6 cm³/mol. The standard InChI is InChI=1S/C5H11N3O3/c1-11-5(10)7-2-4(9)8-3-6/h2-3,6H2,1H3,(H,7,10)(H,8,9). The van der Waals surface area contributed by atoms with E-state index >= 15 is 0 Å². The largest absolute Gasteiger partial charge is 0.453 e. The van der Waals surface area contributed by atoms with Crippen LogP contribution in [0.2, 0.25) is 0 Å². The molecule has 0 aliphatic rings. The number of methoxy groups -OCH3 is 1. The molecule has 0 spiro atoms. The average molecular weight is 161 g/mol. The Morgan fingerprint density at radius 1 is 1.45 bits per heavy atom. The van der Waals surface area contributed by atoms with E-state index in [1.54, 1.807) is 0 Å². The van der Waals surface area contributed by atoms with Crippen LogP contribution in [0.5, 0.6) is 0 Å². The SMILES string of the molecule is COC(=O)NCC(=O)NCN. The number of hydrogen-bond donors (Lipinski definition) is 3. The molecule has 0 saturated carbocycles. The number of hydrogen-bond acceptors (Lipinski definition) is 4. The zero-order valence-electron chi connectivity index (χ0n) is 6.22. The monoisotopic (exact) mass is 161 g/mol. The fourth-order valence-corrected chi connectivity index (χ4v) is 0.401. The van der Waals surface area contributed by atoms with Crippen molar-refractivity contribution in [3.8, 4) is 0 Å². The minimum Gasteiger partial charge on any atom is -0.453 e. The van der Waals surface area contributed by atoms with Crippen LogP contribution in [0.4, 0.5) is 4.79 Å². The normalized spacial score (nSPS) is 8.55. The maximum atomic E-state index is 10.6. The van der Waals surface area contributed by atoms with Gasteiger partial charge in [-0.25, -0.2) is 4.79 Å². The lowest BCUT2D eigenvalue weighted by Crippen LogP contribution is -2.39. The molecule has 0 bridgehead atoms. The van der Waals surface area contributed by atoms with Crippen LogP contribution < -0.4 is 16.4 Å². The maximum Gasteiger partial charge on any atom is 0.407 e. The Morgan fingerprint density at radius 3 is 2.55 bits per heavy atom. The molecule has 0 aromatic heterocycles. The number of carbonyl (C=O) groups excluding carboxylic acids is 2. The summed E-state index contributed by atoms with van der Waals surface area (Å²) in [5.41, 5.74) is 4.99. The topological polar surface area (TPSA) is 93.4 Å². The molecule has 4 N–H and O–H groups in total. The second-order valence-corrected chi connectivity index (χ2v) is 1.65. The van der Waals surface area contributed by atoms with Crippen molar-refractivity contribution >= 4 is 12.0 Å². The first-order valence-electron chi connectivity index (χ1n) is 2.99. The number of nitrogens with two attached hydrogens (primary N) is 1.